The Kier molecular flexibility index (Phi) is 3.36. The molecule has 0 aliphatic carbocycles. The van der Waals surface area contributed by atoms with Gasteiger partial charge in [-0.25, -0.2) is 0 Å². The molecule has 0 radical (unpaired) electrons. The molecule has 0 spiro atoms. The van der Waals surface area contributed by atoms with Gasteiger partial charge in [0.2, 0.25) is 0 Å². The molecular formula is C11H14N4S. The van der Waals surface area contributed by atoms with Gasteiger partial charge in [0.05, 0.1) is 6.54 Å². The molecule has 0 saturated carbocycles. The number of aryl methyl sites for hydroxylation is 1. The lowest BCUT2D eigenvalue weighted by Crippen LogP contribution is -2.03. The second-order valence-electron chi connectivity index (χ2n) is 3.42. The Balaban J connectivity index is 1.99. The summed E-state index contributed by atoms with van der Waals surface area (Å²) < 4.78 is 0. The highest BCUT2D eigenvalue weighted by atomic mass is 32.1. The topological polar surface area (TPSA) is 63.8 Å². The predicted octanol–water partition coefficient (Wildman–Crippen LogP) is 2.29. The first-order valence-electron chi connectivity index (χ1n) is 5.18. The van der Waals surface area contributed by atoms with E-state index in [1.165, 1.54) is 10.4 Å². The molecule has 0 aliphatic rings. The second kappa shape index (κ2) is 4.94. The van der Waals surface area contributed by atoms with Gasteiger partial charge in [-0.15, -0.1) is 21.5 Å². The Morgan fingerprint density at radius 3 is 2.88 bits per heavy atom. The highest BCUT2D eigenvalue weighted by Crippen LogP contribution is 2.18. The van der Waals surface area contributed by atoms with Crippen LogP contribution in [0.1, 0.15) is 17.4 Å². The summed E-state index contributed by atoms with van der Waals surface area (Å²) in [4.78, 5) is 1.35. The number of nitrogen functional groups attached to an aromatic ring is 1. The zero-order valence-electron chi connectivity index (χ0n) is 9.10. The van der Waals surface area contributed by atoms with Crippen LogP contribution in [0.4, 0.5) is 11.6 Å². The van der Waals surface area contributed by atoms with Crippen LogP contribution in [-0.4, -0.2) is 10.2 Å². The van der Waals surface area contributed by atoms with Crippen LogP contribution in [0.15, 0.2) is 23.6 Å². The van der Waals surface area contributed by atoms with E-state index in [1.54, 1.807) is 17.4 Å². The minimum atomic E-state index is 0.441. The average Bonchev–Trinajstić information content (AvgIpc) is 2.76. The number of aromatic nitrogens is 2. The Morgan fingerprint density at radius 2 is 2.19 bits per heavy atom. The van der Waals surface area contributed by atoms with Crippen LogP contribution in [0.3, 0.4) is 0 Å². The van der Waals surface area contributed by atoms with Crippen LogP contribution < -0.4 is 11.1 Å². The molecule has 0 aliphatic heterocycles. The van der Waals surface area contributed by atoms with Gasteiger partial charge in [0.15, 0.2) is 0 Å². The maximum absolute atomic E-state index is 5.46. The van der Waals surface area contributed by atoms with Crippen LogP contribution in [-0.2, 0) is 13.0 Å². The highest BCUT2D eigenvalue weighted by Gasteiger charge is 2.02. The number of nitrogens with two attached hydrogens (primary N) is 1. The van der Waals surface area contributed by atoms with E-state index in [-0.39, 0.29) is 0 Å². The van der Waals surface area contributed by atoms with Crippen molar-refractivity contribution < 1.29 is 0 Å². The quantitative estimate of drug-likeness (QED) is 0.852. The highest BCUT2D eigenvalue weighted by molar-refractivity contribution is 7.10. The smallest absolute Gasteiger partial charge is 0.149 e. The Labute approximate surface area is 98.5 Å². The first-order chi connectivity index (χ1) is 7.79. The fraction of sp³-hybridized carbons (Fsp3) is 0.273. The lowest BCUT2D eigenvalue weighted by molar-refractivity contribution is 1.00. The van der Waals surface area contributed by atoms with Crippen molar-refractivity contribution in [3.8, 4) is 0 Å². The molecule has 2 aromatic heterocycles. The maximum Gasteiger partial charge on any atom is 0.149 e. The van der Waals surface area contributed by atoms with Crippen molar-refractivity contribution in [2.75, 3.05) is 11.1 Å². The molecule has 0 fully saturated rings. The van der Waals surface area contributed by atoms with Crippen molar-refractivity contribution >= 4 is 23.0 Å². The number of rotatable bonds is 4. The normalized spacial score (nSPS) is 10.3. The van der Waals surface area contributed by atoms with E-state index in [4.69, 9.17) is 5.73 Å². The maximum atomic E-state index is 5.46. The molecule has 0 saturated heterocycles. The number of hydrogen-bond donors (Lipinski definition) is 2. The molecule has 2 aromatic rings. The molecular weight excluding hydrogens is 220 g/mol. The van der Waals surface area contributed by atoms with Crippen molar-refractivity contribution in [3.05, 3.63) is 34.0 Å². The van der Waals surface area contributed by atoms with Gasteiger partial charge in [-0.1, -0.05) is 6.92 Å². The van der Waals surface area contributed by atoms with E-state index in [0.29, 0.717) is 5.82 Å². The van der Waals surface area contributed by atoms with Crippen molar-refractivity contribution in [2.24, 2.45) is 0 Å². The summed E-state index contributed by atoms with van der Waals surface area (Å²) in [5, 5.41) is 13.1. The van der Waals surface area contributed by atoms with E-state index in [2.05, 4.69) is 33.9 Å². The van der Waals surface area contributed by atoms with Crippen LogP contribution in [0, 0.1) is 0 Å². The molecule has 84 valence electrons. The second-order valence-corrected chi connectivity index (χ2v) is 4.42. The Hall–Kier alpha value is -1.62. The fourth-order valence-electron chi connectivity index (χ4n) is 1.44. The fourth-order valence-corrected chi connectivity index (χ4v) is 2.36. The van der Waals surface area contributed by atoms with E-state index >= 15 is 0 Å². The van der Waals surface area contributed by atoms with E-state index in [1.807, 2.05) is 6.07 Å². The van der Waals surface area contributed by atoms with Crippen molar-refractivity contribution in [1.82, 2.24) is 10.2 Å². The number of hydrogen-bond acceptors (Lipinski definition) is 5. The summed E-state index contributed by atoms with van der Waals surface area (Å²) in [7, 11) is 0. The molecule has 3 N–H and O–H groups in total. The molecule has 5 heteroatoms. The lowest BCUT2D eigenvalue weighted by Gasteiger charge is -2.04. The van der Waals surface area contributed by atoms with Crippen LogP contribution in [0.25, 0.3) is 0 Å². The molecule has 0 bridgehead atoms. The Morgan fingerprint density at radius 1 is 1.31 bits per heavy atom. The van der Waals surface area contributed by atoms with Gasteiger partial charge in [0, 0.05) is 4.88 Å². The van der Waals surface area contributed by atoms with Gasteiger partial charge >= 0.3 is 0 Å². The molecule has 4 nitrogen and oxygen atoms in total. The molecule has 2 rings (SSSR count). The summed E-state index contributed by atoms with van der Waals surface area (Å²) in [6, 6.07) is 5.74. The van der Waals surface area contributed by atoms with E-state index in [9.17, 15) is 0 Å². The standard InChI is InChI=1S/C11H14N4S/c1-2-8-5-6-16-9(8)7-13-11-4-3-10(12)14-15-11/h3-6H,2,7H2,1H3,(H2,12,14)(H,13,15). The Bertz CT molecular complexity index is 449. The first-order valence-corrected chi connectivity index (χ1v) is 6.06. The van der Waals surface area contributed by atoms with Crippen LogP contribution in [0.5, 0.6) is 0 Å². The van der Waals surface area contributed by atoms with Crippen LogP contribution in [0.2, 0.25) is 0 Å². The molecule has 0 atom stereocenters. The van der Waals surface area contributed by atoms with Gasteiger partial charge in [-0.05, 0) is 35.6 Å². The monoisotopic (exact) mass is 234 g/mol. The zero-order chi connectivity index (χ0) is 11.4. The number of anilines is 2. The van der Waals surface area contributed by atoms with Crippen LogP contribution >= 0.6 is 11.3 Å². The minimum Gasteiger partial charge on any atom is -0.382 e. The average molecular weight is 234 g/mol. The zero-order valence-corrected chi connectivity index (χ0v) is 9.92. The molecule has 16 heavy (non-hydrogen) atoms. The van der Waals surface area contributed by atoms with Gasteiger partial charge in [0.1, 0.15) is 11.6 Å². The predicted molar refractivity (Wildman–Crippen MR) is 67.5 cm³/mol. The largest absolute Gasteiger partial charge is 0.382 e. The van der Waals surface area contributed by atoms with Gasteiger partial charge in [-0.2, -0.15) is 0 Å². The molecule has 2 heterocycles. The molecule has 0 amide bonds. The van der Waals surface area contributed by atoms with E-state index < -0.39 is 0 Å². The van der Waals surface area contributed by atoms with Gasteiger partial charge in [0.25, 0.3) is 0 Å². The lowest BCUT2D eigenvalue weighted by atomic mass is 10.2. The summed E-state index contributed by atoms with van der Waals surface area (Å²) in [5.41, 5.74) is 6.85. The summed E-state index contributed by atoms with van der Waals surface area (Å²) in [5.74, 6) is 1.19. The van der Waals surface area contributed by atoms with Crippen molar-refractivity contribution in [1.29, 1.82) is 0 Å². The molecule has 0 aromatic carbocycles. The summed E-state index contributed by atoms with van der Waals surface area (Å²) in [6.07, 6.45) is 1.06. The summed E-state index contributed by atoms with van der Waals surface area (Å²) >= 11 is 1.76. The van der Waals surface area contributed by atoms with Gasteiger partial charge in [-0.3, -0.25) is 0 Å². The van der Waals surface area contributed by atoms with E-state index in [0.717, 1.165) is 18.8 Å². The molecule has 0 unspecified atom stereocenters. The number of nitrogens with one attached hydrogen (secondary N) is 1. The third-order valence-corrected chi connectivity index (χ3v) is 3.30. The van der Waals surface area contributed by atoms with Gasteiger partial charge < -0.3 is 11.1 Å². The SMILES string of the molecule is CCc1ccsc1CNc1ccc(N)nn1. The summed E-state index contributed by atoms with van der Waals surface area (Å²) in [6.45, 7) is 2.95. The minimum absolute atomic E-state index is 0.441. The third kappa shape index (κ3) is 2.49. The number of thiophene rings is 1. The van der Waals surface area contributed by atoms with Crippen molar-refractivity contribution in [2.45, 2.75) is 19.9 Å². The number of nitrogens with zero attached hydrogens (tertiary/aromatic N) is 2. The van der Waals surface area contributed by atoms with Crippen molar-refractivity contribution in [3.63, 3.8) is 0 Å². The first kappa shape index (κ1) is 10.9. The third-order valence-electron chi connectivity index (χ3n) is 2.33.